The molecule has 3 nitrogen and oxygen atoms in total. The van der Waals surface area contributed by atoms with Gasteiger partial charge in [0.15, 0.2) is 11.3 Å². The van der Waals surface area contributed by atoms with Gasteiger partial charge >= 0.3 is 29.6 Å². The van der Waals surface area contributed by atoms with Crippen LogP contribution in [0.2, 0.25) is 0 Å². The molecule has 0 aliphatic carbocycles. The van der Waals surface area contributed by atoms with Crippen LogP contribution in [0.4, 0.5) is 4.39 Å². The van der Waals surface area contributed by atoms with Crippen molar-refractivity contribution in [3.8, 4) is 12.1 Å². The van der Waals surface area contributed by atoms with Gasteiger partial charge in [-0.1, -0.05) is 11.6 Å². The number of nitriles is 2. The summed E-state index contributed by atoms with van der Waals surface area (Å²) in [5.41, 5.74) is -2.89. The molecular weight excluding hydrogens is 182 g/mol. The van der Waals surface area contributed by atoms with Crippen molar-refractivity contribution in [2.75, 3.05) is 0 Å². The standard InChI is InChI=1S/C5H2ClFN2O.Na.H/c6-5(7)4(10)3(1-8)2-9;;/h5,10H;;. The summed E-state index contributed by atoms with van der Waals surface area (Å²) in [4.78, 5) is 0. The average molecular weight is 185 g/mol. The number of allylic oxidation sites excluding steroid dienone is 2. The average Bonchev–Trinajstić information content (AvgIpc) is 1.90. The van der Waals surface area contributed by atoms with Crippen LogP contribution >= 0.6 is 11.6 Å². The van der Waals surface area contributed by atoms with Gasteiger partial charge in [0.1, 0.15) is 12.1 Å². The van der Waals surface area contributed by atoms with Crippen LogP contribution in [0.5, 0.6) is 0 Å². The van der Waals surface area contributed by atoms with Crippen LogP contribution in [0.3, 0.4) is 0 Å². The van der Waals surface area contributed by atoms with Gasteiger partial charge < -0.3 is 5.11 Å². The fourth-order valence-electron chi connectivity index (χ4n) is 0.249. The molecule has 0 saturated carbocycles. The van der Waals surface area contributed by atoms with Gasteiger partial charge in [0.25, 0.3) is 0 Å². The van der Waals surface area contributed by atoms with Crippen LogP contribution in [-0.2, 0) is 0 Å². The molecule has 0 aromatic carbocycles. The molecule has 0 amide bonds. The van der Waals surface area contributed by atoms with Gasteiger partial charge in [0, 0.05) is 0 Å². The van der Waals surface area contributed by atoms with Crippen molar-refractivity contribution >= 4 is 41.2 Å². The molecule has 1 N–H and O–H groups in total. The molecular formula is C5H3ClFN2NaO. The van der Waals surface area contributed by atoms with Crippen molar-refractivity contribution < 1.29 is 9.50 Å². The van der Waals surface area contributed by atoms with E-state index in [0.717, 1.165) is 0 Å². The zero-order valence-electron chi connectivity index (χ0n) is 4.67. The van der Waals surface area contributed by atoms with Gasteiger partial charge in [-0.15, -0.1) is 0 Å². The Balaban J connectivity index is 0. The summed E-state index contributed by atoms with van der Waals surface area (Å²) in [7, 11) is 0. The Morgan fingerprint density at radius 1 is 1.45 bits per heavy atom. The van der Waals surface area contributed by atoms with Crippen LogP contribution < -0.4 is 0 Å². The van der Waals surface area contributed by atoms with Gasteiger partial charge in [0.2, 0.25) is 5.63 Å². The van der Waals surface area contributed by atoms with Gasteiger partial charge in [-0.3, -0.25) is 0 Å². The SMILES string of the molecule is N#CC(C#N)=C(O)C(F)Cl.[NaH]. The zero-order valence-corrected chi connectivity index (χ0v) is 5.43. The van der Waals surface area contributed by atoms with E-state index in [2.05, 4.69) is 0 Å². The minimum absolute atomic E-state index is 0. The summed E-state index contributed by atoms with van der Waals surface area (Å²) in [6, 6.07) is 2.55. The molecule has 54 valence electrons. The third kappa shape index (κ3) is 4.23. The van der Waals surface area contributed by atoms with Crippen molar-refractivity contribution in [2.45, 2.75) is 5.63 Å². The quantitative estimate of drug-likeness (QED) is 0.283. The Morgan fingerprint density at radius 3 is 1.91 bits per heavy atom. The molecule has 1 unspecified atom stereocenters. The Hall–Kier alpha value is -0.260. The van der Waals surface area contributed by atoms with Crippen LogP contribution in [-0.4, -0.2) is 40.3 Å². The molecule has 0 bridgehead atoms. The number of hydrogen-bond acceptors (Lipinski definition) is 3. The van der Waals surface area contributed by atoms with Crippen LogP contribution in [0.25, 0.3) is 0 Å². The number of halogens is 2. The summed E-state index contributed by atoms with van der Waals surface area (Å²) in [6.07, 6.45) is 0. The van der Waals surface area contributed by atoms with E-state index in [0.29, 0.717) is 0 Å². The Kier molecular flexibility index (Phi) is 7.82. The number of aliphatic hydroxyl groups is 1. The number of nitrogens with zero attached hydrogens (tertiary/aromatic N) is 2. The molecule has 0 spiro atoms. The van der Waals surface area contributed by atoms with Crippen LogP contribution in [0, 0.1) is 22.7 Å². The molecule has 0 fully saturated rings. The van der Waals surface area contributed by atoms with E-state index in [4.69, 9.17) is 27.2 Å². The molecule has 0 radical (unpaired) electrons. The van der Waals surface area contributed by atoms with E-state index < -0.39 is 17.0 Å². The van der Waals surface area contributed by atoms with E-state index in [1.54, 1.807) is 0 Å². The first-order valence-electron chi connectivity index (χ1n) is 2.15. The molecule has 0 aliphatic rings. The second-order valence-electron chi connectivity index (χ2n) is 1.28. The third-order valence-corrected chi connectivity index (χ3v) is 0.893. The zero-order chi connectivity index (χ0) is 8.15. The first-order chi connectivity index (χ1) is 4.63. The second-order valence-corrected chi connectivity index (χ2v) is 1.67. The Labute approximate surface area is 90.0 Å². The van der Waals surface area contributed by atoms with Gasteiger partial charge in [-0.2, -0.15) is 10.5 Å². The van der Waals surface area contributed by atoms with E-state index in [1.165, 1.54) is 12.1 Å². The van der Waals surface area contributed by atoms with Gasteiger partial charge in [0.05, 0.1) is 0 Å². The van der Waals surface area contributed by atoms with Crippen LogP contribution in [0.15, 0.2) is 11.3 Å². The molecule has 6 heteroatoms. The van der Waals surface area contributed by atoms with Crippen molar-refractivity contribution in [2.24, 2.45) is 0 Å². The van der Waals surface area contributed by atoms with E-state index in [-0.39, 0.29) is 29.6 Å². The van der Waals surface area contributed by atoms with Crippen molar-refractivity contribution in [3.63, 3.8) is 0 Å². The molecule has 1 atom stereocenters. The maximum absolute atomic E-state index is 11.9. The topological polar surface area (TPSA) is 67.8 Å². The summed E-state index contributed by atoms with van der Waals surface area (Å²) in [6.45, 7) is 0. The van der Waals surface area contributed by atoms with Crippen LogP contribution in [0.1, 0.15) is 0 Å². The Bertz CT molecular complexity index is 224. The van der Waals surface area contributed by atoms with E-state index >= 15 is 0 Å². The molecule has 0 saturated heterocycles. The molecule has 0 heterocycles. The van der Waals surface area contributed by atoms with Crippen molar-refractivity contribution in [3.05, 3.63) is 11.3 Å². The number of hydrogen-bond donors (Lipinski definition) is 1. The van der Waals surface area contributed by atoms with Crippen molar-refractivity contribution in [1.82, 2.24) is 0 Å². The molecule has 0 aromatic heterocycles. The van der Waals surface area contributed by atoms with Crippen molar-refractivity contribution in [1.29, 1.82) is 10.5 Å². The first-order valence-corrected chi connectivity index (χ1v) is 2.58. The second kappa shape index (κ2) is 6.45. The molecule has 0 aliphatic heterocycles. The Morgan fingerprint density at radius 2 is 1.82 bits per heavy atom. The van der Waals surface area contributed by atoms with Gasteiger partial charge in [-0.05, 0) is 0 Å². The molecule has 0 rings (SSSR count). The van der Waals surface area contributed by atoms with E-state index in [9.17, 15) is 4.39 Å². The monoisotopic (exact) mass is 184 g/mol. The summed E-state index contributed by atoms with van der Waals surface area (Å²) in [5.74, 6) is -1.04. The summed E-state index contributed by atoms with van der Waals surface area (Å²) >= 11 is 4.70. The normalized spacial score (nSPS) is 9.82. The molecule has 11 heavy (non-hydrogen) atoms. The number of rotatable bonds is 1. The summed E-state index contributed by atoms with van der Waals surface area (Å²) < 4.78 is 11.9. The number of alkyl halides is 2. The predicted octanol–water partition coefficient (Wildman–Crippen LogP) is 0.732. The van der Waals surface area contributed by atoms with Gasteiger partial charge in [-0.25, -0.2) is 4.39 Å². The third-order valence-electron chi connectivity index (χ3n) is 0.686. The molecule has 0 aromatic rings. The predicted molar refractivity (Wildman–Crippen MR) is 38.8 cm³/mol. The van der Waals surface area contributed by atoms with E-state index in [1.807, 2.05) is 0 Å². The summed E-state index contributed by atoms with van der Waals surface area (Å²) in [5, 5.41) is 24.6. The maximum atomic E-state index is 11.9. The number of aliphatic hydroxyl groups excluding tert-OH is 1. The first kappa shape index (κ1) is 13.3. The fraction of sp³-hybridized carbons (Fsp3) is 0.200. The fourth-order valence-corrected chi connectivity index (χ4v) is 0.358. The minimum atomic E-state index is -2.19.